The smallest absolute Gasteiger partial charge is 0.226 e. The lowest BCUT2D eigenvalue weighted by atomic mass is 10.2. The molecule has 0 heterocycles. The van der Waals surface area contributed by atoms with Crippen LogP contribution in [0.3, 0.4) is 0 Å². The second kappa shape index (κ2) is 8.36. The normalized spacial score (nSPS) is 10.1. The Bertz CT molecular complexity index is 730. The number of hydrogen-bond donors (Lipinski definition) is 3. The number of halogens is 1. The third kappa shape index (κ3) is 5.28. The molecule has 0 aromatic heterocycles. The van der Waals surface area contributed by atoms with Gasteiger partial charge in [-0.1, -0.05) is 17.7 Å². The topological polar surface area (TPSA) is 70.2 Å². The molecule has 0 radical (unpaired) electrons. The van der Waals surface area contributed by atoms with Crippen LogP contribution in [0.5, 0.6) is 0 Å². The highest BCUT2D eigenvalue weighted by Gasteiger charge is 2.06. The monoisotopic (exact) mass is 345 g/mol. The van der Waals surface area contributed by atoms with Crippen molar-refractivity contribution in [3.8, 4) is 0 Å². The van der Waals surface area contributed by atoms with Gasteiger partial charge in [-0.2, -0.15) is 0 Å². The average Bonchev–Trinajstić information content (AvgIpc) is 2.53. The van der Waals surface area contributed by atoms with Gasteiger partial charge in [0.25, 0.3) is 0 Å². The summed E-state index contributed by atoms with van der Waals surface area (Å²) in [7, 11) is 0. The maximum absolute atomic E-state index is 12.0. The van der Waals surface area contributed by atoms with Crippen LogP contribution in [0.2, 0.25) is 5.02 Å². The van der Waals surface area contributed by atoms with Gasteiger partial charge >= 0.3 is 0 Å². The van der Waals surface area contributed by atoms with Crippen LogP contribution in [0.4, 0.5) is 17.1 Å². The number of hydrogen-bond acceptors (Lipinski definition) is 3. The molecular formula is C18H20ClN3O2. The molecule has 0 saturated heterocycles. The van der Waals surface area contributed by atoms with Gasteiger partial charge in [0.2, 0.25) is 11.8 Å². The Morgan fingerprint density at radius 3 is 2.33 bits per heavy atom. The summed E-state index contributed by atoms with van der Waals surface area (Å²) in [5, 5.41) is 9.36. The summed E-state index contributed by atoms with van der Waals surface area (Å²) in [5.41, 5.74) is 3.21. The Morgan fingerprint density at radius 1 is 1.00 bits per heavy atom. The lowest BCUT2D eigenvalue weighted by Crippen LogP contribution is -2.16. The van der Waals surface area contributed by atoms with Gasteiger partial charge in [-0.3, -0.25) is 9.59 Å². The first kappa shape index (κ1) is 17.8. The Labute approximate surface area is 146 Å². The van der Waals surface area contributed by atoms with Crippen LogP contribution in [0, 0.1) is 6.92 Å². The minimum atomic E-state index is -0.108. The maximum atomic E-state index is 12.0. The fourth-order valence-corrected chi connectivity index (χ4v) is 2.33. The molecule has 0 fully saturated rings. The third-order valence-electron chi connectivity index (χ3n) is 3.43. The number of amides is 2. The number of carbonyl (C=O) groups excluding carboxylic acids is 2. The number of rotatable bonds is 6. The fraction of sp³-hybridized carbons (Fsp3) is 0.222. The largest absolute Gasteiger partial charge is 0.385 e. The molecule has 3 N–H and O–H groups in total. The summed E-state index contributed by atoms with van der Waals surface area (Å²) < 4.78 is 0. The minimum absolute atomic E-state index is 0.0808. The van der Waals surface area contributed by atoms with Crippen molar-refractivity contribution in [2.45, 2.75) is 20.3 Å². The van der Waals surface area contributed by atoms with Crippen LogP contribution in [0.15, 0.2) is 42.5 Å². The zero-order valence-electron chi connectivity index (χ0n) is 13.7. The summed E-state index contributed by atoms with van der Waals surface area (Å²) in [6, 6.07) is 12.7. The van der Waals surface area contributed by atoms with Gasteiger partial charge in [0.15, 0.2) is 0 Å². The average molecular weight is 346 g/mol. The third-order valence-corrected chi connectivity index (χ3v) is 3.84. The van der Waals surface area contributed by atoms with Crippen LogP contribution in [-0.4, -0.2) is 18.4 Å². The van der Waals surface area contributed by atoms with Crippen molar-refractivity contribution in [3.05, 3.63) is 53.1 Å². The van der Waals surface area contributed by atoms with Crippen molar-refractivity contribution < 1.29 is 9.59 Å². The van der Waals surface area contributed by atoms with E-state index in [0.717, 1.165) is 22.6 Å². The molecule has 2 rings (SSSR count). The quantitative estimate of drug-likeness (QED) is 0.739. The Balaban J connectivity index is 1.80. The Kier molecular flexibility index (Phi) is 6.21. The second-order valence-electron chi connectivity index (χ2n) is 5.40. The van der Waals surface area contributed by atoms with Crippen LogP contribution in [0.1, 0.15) is 18.9 Å². The van der Waals surface area contributed by atoms with Crippen LogP contribution in [0.25, 0.3) is 0 Å². The molecule has 5 nitrogen and oxygen atoms in total. The SMILES string of the molecule is CC(=O)Nc1ccc(NCCC(=O)Nc2cccc(Cl)c2C)cc1. The van der Waals surface area contributed by atoms with E-state index < -0.39 is 0 Å². The highest BCUT2D eigenvalue weighted by atomic mass is 35.5. The van der Waals surface area contributed by atoms with Crippen molar-refractivity contribution in [1.82, 2.24) is 0 Å². The van der Waals surface area contributed by atoms with E-state index in [2.05, 4.69) is 16.0 Å². The van der Waals surface area contributed by atoms with Crippen LogP contribution in [-0.2, 0) is 9.59 Å². The lowest BCUT2D eigenvalue weighted by molar-refractivity contribution is -0.116. The first-order valence-electron chi connectivity index (χ1n) is 7.62. The molecule has 24 heavy (non-hydrogen) atoms. The van der Waals surface area contributed by atoms with E-state index >= 15 is 0 Å². The molecule has 0 saturated carbocycles. The van der Waals surface area contributed by atoms with Gasteiger partial charge in [0.1, 0.15) is 0 Å². The molecule has 0 aliphatic carbocycles. The van der Waals surface area contributed by atoms with E-state index in [9.17, 15) is 9.59 Å². The molecule has 0 atom stereocenters. The summed E-state index contributed by atoms with van der Waals surface area (Å²) >= 11 is 6.04. The predicted molar refractivity (Wildman–Crippen MR) is 98.7 cm³/mol. The van der Waals surface area contributed by atoms with Crippen molar-refractivity contribution >= 4 is 40.5 Å². The standard InChI is InChI=1S/C18H20ClN3O2/c1-12-16(19)4-3-5-17(12)22-18(24)10-11-20-14-6-8-15(9-7-14)21-13(2)23/h3-9,20H,10-11H2,1-2H3,(H,21,23)(H,22,24). The lowest BCUT2D eigenvalue weighted by Gasteiger charge is -2.10. The fourth-order valence-electron chi connectivity index (χ4n) is 2.15. The highest BCUT2D eigenvalue weighted by Crippen LogP contribution is 2.23. The molecule has 2 aromatic carbocycles. The van der Waals surface area contributed by atoms with Gasteiger partial charge < -0.3 is 16.0 Å². The zero-order valence-corrected chi connectivity index (χ0v) is 14.4. The number of carbonyl (C=O) groups is 2. The first-order chi connectivity index (χ1) is 11.5. The second-order valence-corrected chi connectivity index (χ2v) is 5.80. The molecule has 2 aromatic rings. The van der Waals surface area contributed by atoms with Crippen LogP contribution >= 0.6 is 11.6 Å². The molecule has 126 valence electrons. The molecule has 0 aliphatic heterocycles. The molecule has 0 spiro atoms. The van der Waals surface area contributed by atoms with E-state index in [1.165, 1.54) is 6.92 Å². The Morgan fingerprint density at radius 2 is 1.67 bits per heavy atom. The van der Waals surface area contributed by atoms with Gasteiger partial charge in [-0.05, 0) is 48.9 Å². The number of anilines is 3. The molecular weight excluding hydrogens is 326 g/mol. The number of nitrogens with one attached hydrogen (secondary N) is 3. The van der Waals surface area contributed by atoms with Crippen molar-refractivity contribution in [1.29, 1.82) is 0 Å². The summed E-state index contributed by atoms with van der Waals surface area (Å²) in [4.78, 5) is 23.0. The van der Waals surface area contributed by atoms with Gasteiger partial charge in [-0.15, -0.1) is 0 Å². The minimum Gasteiger partial charge on any atom is -0.385 e. The van der Waals surface area contributed by atoms with Crippen molar-refractivity contribution in [3.63, 3.8) is 0 Å². The highest BCUT2D eigenvalue weighted by molar-refractivity contribution is 6.31. The molecule has 2 amide bonds. The molecule has 0 aliphatic rings. The summed E-state index contributed by atoms with van der Waals surface area (Å²) in [6.07, 6.45) is 0.333. The predicted octanol–water partition coefficient (Wildman–Crippen LogP) is 4.05. The molecule has 0 bridgehead atoms. The first-order valence-corrected chi connectivity index (χ1v) is 8.00. The summed E-state index contributed by atoms with van der Waals surface area (Å²) in [6.45, 7) is 3.84. The Hall–Kier alpha value is -2.53. The van der Waals surface area contributed by atoms with E-state index in [-0.39, 0.29) is 11.8 Å². The van der Waals surface area contributed by atoms with E-state index in [0.29, 0.717) is 18.0 Å². The van der Waals surface area contributed by atoms with Gasteiger partial charge in [0.05, 0.1) is 0 Å². The maximum Gasteiger partial charge on any atom is 0.226 e. The van der Waals surface area contributed by atoms with Crippen molar-refractivity contribution in [2.24, 2.45) is 0 Å². The summed E-state index contributed by atoms with van der Waals surface area (Å²) in [5.74, 6) is -0.188. The van der Waals surface area contributed by atoms with E-state index in [1.807, 2.05) is 25.1 Å². The van der Waals surface area contributed by atoms with Crippen molar-refractivity contribution in [2.75, 3.05) is 22.5 Å². The van der Waals surface area contributed by atoms with Gasteiger partial charge in [-0.25, -0.2) is 0 Å². The van der Waals surface area contributed by atoms with Crippen LogP contribution < -0.4 is 16.0 Å². The van der Waals surface area contributed by atoms with E-state index in [4.69, 9.17) is 11.6 Å². The van der Waals surface area contributed by atoms with E-state index in [1.54, 1.807) is 24.3 Å². The number of benzene rings is 2. The molecule has 0 unspecified atom stereocenters. The molecule has 6 heteroatoms. The van der Waals surface area contributed by atoms with Gasteiger partial charge in [0, 0.05) is 42.0 Å². The zero-order chi connectivity index (χ0) is 17.5.